The van der Waals surface area contributed by atoms with E-state index in [4.69, 9.17) is 0 Å². The monoisotopic (exact) mass is 416 g/mol. The van der Waals surface area contributed by atoms with Crippen molar-refractivity contribution in [3.8, 4) is 0 Å². The van der Waals surface area contributed by atoms with Crippen molar-refractivity contribution >= 4 is 11.7 Å². The number of fused-ring (bicyclic) bond motifs is 1. The van der Waals surface area contributed by atoms with Crippen molar-refractivity contribution in [1.29, 1.82) is 0 Å². The zero-order valence-electron chi connectivity index (χ0n) is 15.5. The first-order chi connectivity index (χ1) is 14.3. The first-order valence-electron chi connectivity index (χ1n) is 9.13. The number of rotatable bonds is 2. The molecule has 0 radical (unpaired) electrons. The van der Waals surface area contributed by atoms with Crippen LogP contribution >= 0.6 is 0 Å². The Bertz CT molecular complexity index is 1050. The van der Waals surface area contributed by atoms with Gasteiger partial charge in [0.15, 0.2) is 0 Å². The molecule has 1 atom stereocenters. The highest BCUT2D eigenvalue weighted by atomic mass is 19.4. The minimum Gasteiger partial charge on any atom is -0.311 e. The lowest BCUT2D eigenvalue weighted by atomic mass is 9.94. The highest BCUT2D eigenvalue weighted by molar-refractivity contribution is 5.90. The maximum atomic E-state index is 13.1. The summed E-state index contributed by atoms with van der Waals surface area (Å²) in [6.45, 7) is 0.296. The normalized spacial score (nSPS) is 16.1. The van der Waals surface area contributed by atoms with Crippen LogP contribution < -0.4 is 5.32 Å². The smallest absolute Gasteiger partial charge is 0.311 e. The fraction of sp³-hybridized carbons (Fsp3) is 0.190. The number of carbonyl (C=O) groups excluding carboxylic acids is 1. The number of amides is 2. The molecule has 1 aliphatic heterocycles. The summed E-state index contributed by atoms with van der Waals surface area (Å²) < 4.78 is 52.0. The lowest BCUT2D eigenvalue weighted by Gasteiger charge is -2.36. The van der Waals surface area contributed by atoms with Crippen LogP contribution in [0.4, 0.5) is 28.0 Å². The standard InChI is InChI=1S/C21H16F4N4O/c22-15-5-7-16(8-6-15)28-20(30)29-12-9-17-18(27-11-10-26-17)19(29)13-1-3-14(4-2-13)21(23,24)25/h1-8,10-11,19H,9,12H2,(H,28,30)/t19-/m1/s1. The third-order valence-electron chi connectivity index (χ3n) is 4.88. The third-order valence-corrected chi connectivity index (χ3v) is 4.88. The molecule has 5 nitrogen and oxygen atoms in total. The SMILES string of the molecule is O=C(Nc1ccc(F)cc1)N1CCc2nccnc2[C@H]1c1ccc(C(F)(F)F)cc1. The molecule has 0 spiro atoms. The van der Waals surface area contributed by atoms with Gasteiger partial charge in [0.25, 0.3) is 0 Å². The van der Waals surface area contributed by atoms with Gasteiger partial charge in [-0.05, 0) is 42.0 Å². The van der Waals surface area contributed by atoms with Gasteiger partial charge in [0, 0.05) is 31.0 Å². The minimum absolute atomic E-state index is 0.296. The van der Waals surface area contributed by atoms with Gasteiger partial charge in [-0.3, -0.25) is 9.97 Å². The van der Waals surface area contributed by atoms with Crippen LogP contribution in [0.3, 0.4) is 0 Å². The van der Waals surface area contributed by atoms with E-state index < -0.39 is 29.6 Å². The van der Waals surface area contributed by atoms with Gasteiger partial charge in [-0.1, -0.05) is 12.1 Å². The average molecular weight is 416 g/mol. The van der Waals surface area contributed by atoms with Crippen LogP contribution in [0, 0.1) is 5.82 Å². The van der Waals surface area contributed by atoms with E-state index in [-0.39, 0.29) is 0 Å². The summed E-state index contributed by atoms with van der Waals surface area (Å²) in [7, 11) is 0. The van der Waals surface area contributed by atoms with Crippen LogP contribution in [-0.4, -0.2) is 27.4 Å². The molecule has 1 aliphatic rings. The highest BCUT2D eigenvalue weighted by Gasteiger charge is 2.35. The molecular formula is C21H16F4N4O. The molecule has 0 saturated heterocycles. The Hall–Kier alpha value is -3.49. The fourth-order valence-electron chi connectivity index (χ4n) is 3.44. The maximum absolute atomic E-state index is 13.1. The van der Waals surface area contributed by atoms with E-state index in [9.17, 15) is 22.4 Å². The predicted octanol–water partition coefficient (Wildman–Crippen LogP) is 4.81. The molecular weight excluding hydrogens is 400 g/mol. The molecule has 2 heterocycles. The van der Waals surface area contributed by atoms with Crippen LogP contribution in [0.2, 0.25) is 0 Å². The van der Waals surface area contributed by atoms with E-state index in [1.165, 1.54) is 53.7 Å². The molecule has 2 aromatic carbocycles. The second-order valence-electron chi connectivity index (χ2n) is 6.79. The van der Waals surface area contributed by atoms with Crippen molar-refractivity contribution in [3.05, 3.63) is 89.3 Å². The third kappa shape index (κ3) is 3.96. The number of nitrogens with one attached hydrogen (secondary N) is 1. The van der Waals surface area contributed by atoms with Crippen LogP contribution in [0.15, 0.2) is 60.9 Å². The Morgan fingerprint density at radius 3 is 2.33 bits per heavy atom. The van der Waals surface area contributed by atoms with Crippen molar-refractivity contribution in [2.75, 3.05) is 11.9 Å². The zero-order valence-corrected chi connectivity index (χ0v) is 15.5. The predicted molar refractivity (Wildman–Crippen MR) is 101 cm³/mol. The van der Waals surface area contributed by atoms with E-state index in [0.717, 1.165) is 12.1 Å². The van der Waals surface area contributed by atoms with E-state index in [1.54, 1.807) is 0 Å². The van der Waals surface area contributed by atoms with Gasteiger partial charge in [-0.2, -0.15) is 13.2 Å². The van der Waals surface area contributed by atoms with Gasteiger partial charge in [0.05, 0.1) is 17.0 Å². The lowest BCUT2D eigenvalue weighted by molar-refractivity contribution is -0.137. The van der Waals surface area contributed by atoms with Crippen LogP contribution in [0.5, 0.6) is 0 Å². The Labute approximate surface area is 169 Å². The van der Waals surface area contributed by atoms with Gasteiger partial charge in [-0.15, -0.1) is 0 Å². The summed E-state index contributed by atoms with van der Waals surface area (Å²) in [6.07, 6.45) is -0.978. The summed E-state index contributed by atoms with van der Waals surface area (Å²) in [5.41, 5.74) is 1.31. The number of carbonyl (C=O) groups is 1. The van der Waals surface area contributed by atoms with E-state index in [1.807, 2.05) is 0 Å². The van der Waals surface area contributed by atoms with Crippen molar-refractivity contribution in [2.45, 2.75) is 18.6 Å². The summed E-state index contributed by atoms with van der Waals surface area (Å²) >= 11 is 0. The molecule has 4 rings (SSSR count). The highest BCUT2D eigenvalue weighted by Crippen LogP contribution is 2.35. The molecule has 0 saturated carbocycles. The molecule has 9 heteroatoms. The van der Waals surface area contributed by atoms with Crippen LogP contribution in [-0.2, 0) is 12.6 Å². The number of benzene rings is 2. The van der Waals surface area contributed by atoms with E-state index >= 15 is 0 Å². The summed E-state index contributed by atoms with van der Waals surface area (Å²) in [5, 5.41) is 2.70. The number of nitrogens with zero attached hydrogens (tertiary/aromatic N) is 3. The summed E-state index contributed by atoms with van der Waals surface area (Å²) in [4.78, 5) is 23.1. The molecule has 3 aromatic rings. The van der Waals surface area contributed by atoms with Gasteiger partial charge in [0.2, 0.25) is 0 Å². The zero-order chi connectivity index (χ0) is 21.3. The average Bonchev–Trinajstić information content (AvgIpc) is 2.74. The lowest BCUT2D eigenvalue weighted by Crippen LogP contribution is -2.43. The fourth-order valence-corrected chi connectivity index (χ4v) is 3.44. The number of hydrogen-bond donors (Lipinski definition) is 1. The molecule has 30 heavy (non-hydrogen) atoms. The molecule has 0 bridgehead atoms. The Kier molecular flexibility index (Phi) is 5.11. The molecule has 0 fully saturated rings. The number of urea groups is 1. The van der Waals surface area contributed by atoms with Crippen molar-refractivity contribution in [3.63, 3.8) is 0 Å². The molecule has 0 aliphatic carbocycles. The van der Waals surface area contributed by atoms with E-state index in [2.05, 4.69) is 15.3 Å². The van der Waals surface area contributed by atoms with Gasteiger partial charge >= 0.3 is 12.2 Å². The first kappa shape index (κ1) is 19.8. The van der Waals surface area contributed by atoms with Gasteiger partial charge in [0.1, 0.15) is 11.9 Å². The molecule has 154 valence electrons. The topological polar surface area (TPSA) is 58.1 Å². The second kappa shape index (κ2) is 7.74. The van der Waals surface area contributed by atoms with Crippen molar-refractivity contribution in [2.24, 2.45) is 0 Å². The quantitative estimate of drug-likeness (QED) is 0.610. The van der Waals surface area contributed by atoms with Crippen molar-refractivity contribution in [1.82, 2.24) is 14.9 Å². The number of hydrogen-bond acceptors (Lipinski definition) is 3. The van der Waals surface area contributed by atoms with Gasteiger partial charge < -0.3 is 10.2 Å². The molecule has 1 N–H and O–H groups in total. The maximum Gasteiger partial charge on any atom is 0.416 e. The largest absolute Gasteiger partial charge is 0.416 e. The number of halogens is 4. The Morgan fingerprint density at radius 2 is 1.67 bits per heavy atom. The summed E-state index contributed by atoms with van der Waals surface area (Å²) in [6, 6.07) is 8.78. The minimum atomic E-state index is -4.46. The number of alkyl halides is 3. The van der Waals surface area contributed by atoms with Crippen molar-refractivity contribution < 1.29 is 22.4 Å². The number of aromatic nitrogens is 2. The van der Waals surface area contributed by atoms with Gasteiger partial charge in [-0.25, -0.2) is 9.18 Å². The van der Waals surface area contributed by atoms with Crippen LogP contribution in [0.25, 0.3) is 0 Å². The number of anilines is 1. The Balaban J connectivity index is 1.68. The first-order valence-corrected chi connectivity index (χ1v) is 9.13. The molecule has 2 amide bonds. The molecule has 0 unspecified atom stereocenters. The summed E-state index contributed by atoms with van der Waals surface area (Å²) in [5.74, 6) is -0.433. The van der Waals surface area contributed by atoms with E-state index in [0.29, 0.717) is 35.6 Å². The Morgan fingerprint density at radius 1 is 1.00 bits per heavy atom. The van der Waals surface area contributed by atoms with Crippen LogP contribution in [0.1, 0.15) is 28.6 Å². The molecule has 1 aromatic heterocycles. The second-order valence-corrected chi connectivity index (χ2v) is 6.79.